The molecule has 16 heteroatoms. The number of carbonyl (C=O) groups is 1. The number of ether oxygens (including phenoxy) is 4. The molecule has 0 bridgehead atoms. The van der Waals surface area contributed by atoms with Gasteiger partial charge < -0.3 is 59.8 Å². The van der Waals surface area contributed by atoms with E-state index in [2.05, 4.69) is 0 Å². The average molecular weight is 633 g/mol. The van der Waals surface area contributed by atoms with Crippen LogP contribution in [0.25, 0.3) is 0 Å². The third-order valence-electron chi connectivity index (χ3n) is 8.16. The summed E-state index contributed by atoms with van der Waals surface area (Å²) in [6.07, 6.45) is -18.9. The maximum atomic E-state index is 13.3. The number of aliphatic carboxylic acids is 1. The van der Waals surface area contributed by atoms with Crippen LogP contribution in [0.5, 0.6) is 0 Å². The van der Waals surface area contributed by atoms with E-state index in [-0.39, 0.29) is 31.6 Å². The summed E-state index contributed by atoms with van der Waals surface area (Å²) in [5, 5.41) is 81.1. The standard InChI is InChI=1S/C27H43F3O13/c28-27(29,30)23-19(34)18(33)20(35)26(43-23)42-16-9-5-4-8-15(16)41-25(39)21(36)22(14(32)10-11-31)40-17(24(37)38)12-13-6-2-1-3-7-13/h13-20,23,25-26,31-36,39H,1-12H2,(H,37,38)/b22-21+/t14-,15+,16?,17-,18?,19-,20?,23?,25-,26+/m0/s1. The van der Waals surface area contributed by atoms with Gasteiger partial charge in [-0.2, -0.15) is 13.2 Å². The Hall–Kier alpha value is -1.76. The molecule has 0 aromatic heterocycles. The van der Waals surface area contributed by atoms with Crippen LogP contribution in [0.2, 0.25) is 0 Å². The fourth-order valence-corrected chi connectivity index (χ4v) is 5.77. The normalized spacial score (nSPS) is 33.7. The third-order valence-corrected chi connectivity index (χ3v) is 8.16. The molecule has 3 rings (SSSR count). The fourth-order valence-electron chi connectivity index (χ4n) is 5.77. The van der Waals surface area contributed by atoms with Crippen molar-refractivity contribution in [1.82, 2.24) is 0 Å². The maximum absolute atomic E-state index is 13.3. The summed E-state index contributed by atoms with van der Waals surface area (Å²) < 4.78 is 61.4. The molecule has 1 saturated heterocycles. The first-order chi connectivity index (χ1) is 20.2. The smallest absolute Gasteiger partial charge is 0.417 e. The summed E-state index contributed by atoms with van der Waals surface area (Å²) >= 11 is 0. The van der Waals surface area contributed by atoms with Gasteiger partial charge in [-0.1, -0.05) is 44.9 Å². The Morgan fingerprint density at radius 3 is 2.07 bits per heavy atom. The number of aliphatic hydroxyl groups excluding tert-OH is 7. The van der Waals surface area contributed by atoms with Crippen molar-refractivity contribution in [2.75, 3.05) is 6.61 Å². The van der Waals surface area contributed by atoms with Crippen LogP contribution in [0.15, 0.2) is 11.5 Å². The molecule has 8 N–H and O–H groups in total. The lowest BCUT2D eigenvalue weighted by atomic mass is 9.85. The van der Waals surface area contributed by atoms with Crippen LogP contribution in [0.1, 0.15) is 70.6 Å². The van der Waals surface area contributed by atoms with E-state index >= 15 is 0 Å². The largest absolute Gasteiger partial charge is 0.505 e. The number of alkyl halides is 3. The van der Waals surface area contributed by atoms with Crippen LogP contribution < -0.4 is 0 Å². The Balaban J connectivity index is 1.76. The quantitative estimate of drug-likeness (QED) is 0.105. The van der Waals surface area contributed by atoms with Crippen molar-refractivity contribution in [2.45, 2.75) is 138 Å². The molecule has 10 atom stereocenters. The molecular weight excluding hydrogens is 589 g/mol. The second-order valence-corrected chi connectivity index (χ2v) is 11.4. The second kappa shape index (κ2) is 16.0. The molecule has 0 spiro atoms. The Morgan fingerprint density at radius 1 is 0.884 bits per heavy atom. The lowest BCUT2D eigenvalue weighted by molar-refractivity contribution is -0.365. The SMILES string of the molecule is O=C(O)[C@H](CC1CCCCC1)O/C(=C(/O)[C@@H](O)O[C@@H]1CCCCC1O[C@@H]1OC(C(F)(F)F)[C@@H](O)C(O)C1O)[C@@H](O)CCO. The van der Waals surface area contributed by atoms with Gasteiger partial charge in [-0.25, -0.2) is 4.79 Å². The van der Waals surface area contributed by atoms with E-state index in [1.54, 1.807) is 0 Å². The summed E-state index contributed by atoms with van der Waals surface area (Å²) in [6, 6.07) is 0. The molecule has 0 radical (unpaired) electrons. The van der Waals surface area contributed by atoms with Crippen LogP contribution in [-0.2, 0) is 23.7 Å². The maximum Gasteiger partial charge on any atom is 0.417 e. The molecule has 0 amide bonds. The average Bonchev–Trinajstić information content (AvgIpc) is 2.95. The minimum Gasteiger partial charge on any atom is -0.505 e. The minimum absolute atomic E-state index is 0.0310. The van der Waals surface area contributed by atoms with Gasteiger partial charge in [0.1, 0.15) is 24.4 Å². The monoisotopic (exact) mass is 632 g/mol. The van der Waals surface area contributed by atoms with Crippen LogP contribution in [0.4, 0.5) is 13.2 Å². The van der Waals surface area contributed by atoms with Gasteiger partial charge in [-0.3, -0.25) is 0 Å². The lowest BCUT2D eigenvalue weighted by Gasteiger charge is -2.43. The van der Waals surface area contributed by atoms with Crippen LogP contribution >= 0.6 is 0 Å². The number of hydrogen-bond donors (Lipinski definition) is 8. The molecule has 4 unspecified atom stereocenters. The van der Waals surface area contributed by atoms with Crippen LogP contribution in [0, 0.1) is 5.92 Å². The highest BCUT2D eigenvalue weighted by atomic mass is 19.4. The van der Waals surface area contributed by atoms with Crippen molar-refractivity contribution in [2.24, 2.45) is 5.92 Å². The predicted molar refractivity (Wildman–Crippen MR) is 138 cm³/mol. The zero-order valence-electron chi connectivity index (χ0n) is 23.6. The van der Waals surface area contributed by atoms with E-state index in [0.717, 1.165) is 32.1 Å². The highest BCUT2D eigenvalue weighted by Gasteiger charge is 2.56. The number of carboxylic acids is 1. The number of carboxylic acid groups (broad SMARTS) is 1. The van der Waals surface area contributed by atoms with E-state index in [1.807, 2.05) is 0 Å². The molecule has 1 aliphatic heterocycles. The minimum atomic E-state index is -5.09. The number of rotatable bonds is 13. The van der Waals surface area contributed by atoms with Crippen molar-refractivity contribution < 1.29 is 77.8 Å². The van der Waals surface area contributed by atoms with Crippen LogP contribution in [0.3, 0.4) is 0 Å². The van der Waals surface area contributed by atoms with E-state index < -0.39 is 91.7 Å². The van der Waals surface area contributed by atoms with Gasteiger partial charge in [0.15, 0.2) is 30.0 Å². The van der Waals surface area contributed by atoms with Gasteiger partial charge in [-0.05, 0) is 25.2 Å². The Kier molecular flexibility index (Phi) is 13.3. The van der Waals surface area contributed by atoms with Crippen molar-refractivity contribution >= 4 is 5.97 Å². The highest BCUT2D eigenvalue weighted by Crippen LogP contribution is 2.36. The summed E-state index contributed by atoms with van der Waals surface area (Å²) in [7, 11) is 0. The van der Waals surface area contributed by atoms with Gasteiger partial charge >= 0.3 is 12.1 Å². The van der Waals surface area contributed by atoms with Gasteiger partial charge in [0.25, 0.3) is 0 Å². The summed E-state index contributed by atoms with van der Waals surface area (Å²) in [5.41, 5.74) is 0. The Labute approximate surface area is 246 Å². The van der Waals surface area contributed by atoms with Gasteiger partial charge in [0.2, 0.25) is 6.29 Å². The molecule has 3 fully saturated rings. The molecule has 13 nitrogen and oxygen atoms in total. The molecular formula is C27H43F3O13. The number of halogens is 3. The zero-order chi connectivity index (χ0) is 31.9. The highest BCUT2D eigenvalue weighted by molar-refractivity contribution is 5.72. The van der Waals surface area contributed by atoms with E-state index in [4.69, 9.17) is 18.9 Å². The third kappa shape index (κ3) is 9.61. The predicted octanol–water partition coefficient (Wildman–Crippen LogP) is 0.972. The molecule has 3 aliphatic rings. The summed E-state index contributed by atoms with van der Waals surface area (Å²) in [5.74, 6) is -3.11. The van der Waals surface area contributed by atoms with E-state index in [1.165, 1.54) is 0 Å². The van der Waals surface area contributed by atoms with Crippen molar-refractivity contribution in [3.8, 4) is 0 Å². The van der Waals surface area contributed by atoms with E-state index in [0.29, 0.717) is 12.8 Å². The molecule has 1 heterocycles. The fraction of sp³-hybridized carbons (Fsp3) is 0.889. The second-order valence-electron chi connectivity index (χ2n) is 11.4. The molecule has 0 aromatic rings. The first kappa shape index (κ1) is 35.7. The molecule has 250 valence electrons. The summed E-state index contributed by atoms with van der Waals surface area (Å²) in [4.78, 5) is 12.0. The van der Waals surface area contributed by atoms with Gasteiger partial charge in [0, 0.05) is 13.0 Å². The zero-order valence-corrected chi connectivity index (χ0v) is 23.6. The molecule has 43 heavy (non-hydrogen) atoms. The van der Waals surface area contributed by atoms with Crippen molar-refractivity contribution in [1.29, 1.82) is 0 Å². The van der Waals surface area contributed by atoms with Crippen molar-refractivity contribution in [3.63, 3.8) is 0 Å². The number of hydrogen-bond acceptors (Lipinski definition) is 12. The van der Waals surface area contributed by atoms with Crippen molar-refractivity contribution in [3.05, 3.63) is 11.5 Å². The number of aliphatic hydroxyl groups is 7. The first-order valence-electron chi connectivity index (χ1n) is 14.6. The molecule has 0 aromatic carbocycles. The molecule has 2 saturated carbocycles. The Bertz CT molecular complexity index is 913. The lowest BCUT2D eigenvalue weighted by Crippen LogP contribution is -2.63. The summed E-state index contributed by atoms with van der Waals surface area (Å²) in [6.45, 7) is -0.569. The molecule has 2 aliphatic carbocycles. The first-order valence-corrected chi connectivity index (χ1v) is 14.6. The van der Waals surface area contributed by atoms with E-state index in [9.17, 15) is 58.8 Å². The van der Waals surface area contributed by atoms with Gasteiger partial charge in [0.05, 0.1) is 12.2 Å². The topological polar surface area (TPSA) is 216 Å². The van der Waals surface area contributed by atoms with Gasteiger partial charge in [-0.15, -0.1) is 0 Å². The van der Waals surface area contributed by atoms with Crippen LogP contribution in [-0.4, -0.2) is 121 Å². The Morgan fingerprint density at radius 2 is 1.49 bits per heavy atom.